The molecule has 5 atom stereocenters. The molecular formula is C31H41N5O5. The highest BCUT2D eigenvalue weighted by atomic mass is 16.7. The van der Waals surface area contributed by atoms with Gasteiger partial charge in [0.05, 0.1) is 11.0 Å². The van der Waals surface area contributed by atoms with Gasteiger partial charge >= 0.3 is 5.97 Å². The summed E-state index contributed by atoms with van der Waals surface area (Å²) in [6, 6.07) is 8.71. The number of hydrogen-bond acceptors (Lipinski definition) is 7. The summed E-state index contributed by atoms with van der Waals surface area (Å²) in [4.78, 5) is 50.7. The maximum atomic E-state index is 14.1. The summed E-state index contributed by atoms with van der Waals surface area (Å²) in [6.07, 6.45) is 13.3. The highest BCUT2D eigenvalue weighted by Crippen LogP contribution is 2.47. The van der Waals surface area contributed by atoms with E-state index in [2.05, 4.69) is 15.0 Å². The number of primary amides is 1. The third-order valence-electron chi connectivity index (χ3n) is 10.1. The van der Waals surface area contributed by atoms with Crippen molar-refractivity contribution >= 4 is 28.6 Å². The van der Waals surface area contributed by atoms with Crippen molar-refractivity contribution in [2.24, 2.45) is 22.7 Å². The molecule has 3 heterocycles. The maximum Gasteiger partial charge on any atom is 0.360 e. The topological polar surface area (TPSA) is 140 Å². The van der Waals surface area contributed by atoms with Crippen molar-refractivity contribution in [3.05, 3.63) is 40.3 Å². The van der Waals surface area contributed by atoms with Crippen LogP contribution < -0.4 is 11.3 Å². The standard InChI is InChI=1S/C31H41N5O5/c1-31(2,30(32)40)41-34-27(29(38)39)26-28(37)36(25-12-4-3-11-24(25)33-26)23-16-20-9-6-10-21(17-23)35(20)22-14-18-7-5-8-19(13-18)15-22/h3-4,11-12,18-23H,5-10,13-17H2,1-2H3,(H2,32,40)(H,38,39)/b34-27-/t18?,19?,20-,21+,22?,23+. The van der Waals surface area contributed by atoms with E-state index in [1.807, 2.05) is 18.2 Å². The SMILES string of the molecule is CC(C)(O/N=C(\C(=O)O)c1nc2ccccc2n([C@H]2C[C@H]3CCC[C@@H](C2)N3C2CC3CCCC(C3)C2)c1=O)C(N)=O. The molecule has 10 heteroatoms. The number of para-hydroxylation sites is 2. The second-order valence-corrected chi connectivity index (χ2v) is 13.2. The number of carbonyl (C=O) groups excluding carboxylic acids is 1. The van der Waals surface area contributed by atoms with Gasteiger partial charge in [-0.1, -0.05) is 43.0 Å². The van der Waals surface area contributed by atoms with Gasteiger partial charge in [0.2, 0.25) is 11.3 Å². The number of hydrogen-bond donors (Lipinski definition) is 2. The Balaban J connectivity index is 1.37. The molecule has 1 aromatic heterocycles. The molecule has 2 aliphatic heterocycles. The molecule has 1 amide bonds. The summed E-state index contributed by atoms with van der Waals surface area (Å²) >= 11 is 0. The van der Waals surface area contributed by atoms with Crippen LogP contribution in [0.2, 0.25) is 0 Å². The number of oxime groups is 1. The summed E-state index contributed by atoms with van der Waals surface area (Å²) in [5.41, 5.74) is 3.56. The average molecular weight is 564 g/mol. The van der Waals surface area contributed by atoms with Crippen molar-refractivity contribution in [3.63, 3.8) is 0 Å². The number of piperidine rings is 2. The lowest BCUT2D eigenvalue weighted by Crippen LogP contribution is -2.58. The molecule has 4 aliphatic rings. The Hall–Kier alpha value is -3.27. The molecule has 0 radical (unpaired) electrons. The number of fused-ring (bicyclic) bond motifs is 5. The summed E-state index contributed by atoms with van der Waals surface area (Å²) in [7, 11) is 0. The fraction of sp³-hybridized carbons (Fsp3) is 0.645. The van der Waals surface area contributed by atoms with Crippen LogP contribution >= 0.6 is 0 Å². The third kappa shape index (κ3) is 5.27. The van der Waals surface area contributed by atoms with Crippen LogP contribution in [0.3, 0.4) is 0 Å². The zero-order valence-electron chi connectivity index (χ0n) is 24.0. The van der Waals surface area contributed by atoms with E-state index < -0.39 is 28.7 Å². The van der Waals surface area contributed by atoms with E-state index in [0.29, 0.717) is 29.2 Å². The number of rotatable bonds is 7. The van der Waals surface area contributed by atoms with Gasteiger partial charge in [0.25, 0.3) is 11.5 Å². The summed E-state index contributed by atoms with van der Waals surface area (Å²) < 4.78 is 1.76. The average Bonchev–Trinajstić information content (AvgIpc) is 2.92. The van der Waals surface area contributed by atoms with Gasteiger partial charge in [-0.15, -0.1) is 0 Å². The monoisotopic (exact) mass is 563 g/mol. The predicted molar refractivity (Wildman–Crippen MR) is 155 cm³/mol. The van der Waals surface area contributed by atoms with E-state index in [9.17, 15) is 19.5 Å². The van der Waals surface area contributed by atoms with Gasteiger partial charge in [0, 0.05) is 24.2 Å². The molecule has 2 unspecified atom stereocenters. The fourth-order valence-electron chi connectivity index (χ4n) is 8.19. The van der Waals surface area contributed by atoms with Crippen LogP contribution in [0.15, 0.2) is 34.2 Å². The minimum Gasteiger partial charge on any atom is -0.476 e. The van der Waals surface area contributed by atoms with Crippen LogP contribution in [-0.4, -0.2) is 60.9 Å². The Morgan fingerprint density at radius 1 is 0.951 bits per heavy atom. The van der Waals surface area contributed by atoms with E-state index in [0.717, 1.165) is 37.5 Å². The number of aromatic nitrogens is 2. The number of aliphatic carboxylic acids is 1. The molecule has 1 aromatic carbocycles. The Morgan fingerprint density at radius 3 is 2.22 bits per heavy atom. The lowest BCUT2D eigenvalue weighted by molar-refractivity contribution is -0.140. The lowest BCUT2D eigenvalue weighted by atomic mass is 9.68. The third-order valence-corrected chi connectivity index (χ3v) is 10.1. The fourth-order valence-corrected chi connectivity index (χ4v) is 8.19. The normalized spacial score (nSPS) is 30.6. The van der Waals surface area contributed by atoms with E-state index in [4.69, 9.17) is 10.6 Å². The number of benzene rings is 1. The molecule has 2 aliphatic carbocycles. The predicted octanol–water partition coefficient (Wildman–Crippen LogP) is 3.99. The first kappa shape index (κ1) is 27.9. The number of amides is 1. The van der Waals surface area contributed by atoms with E-state index >= 15 is 0 Å². The molecule has 4 fully saturated rings. The Kier molecular flexibility index (Phi) is 7.38. The molecule has 3 N–H and O–H groups in total. The van der Waals surface area contributed by atoms with E-state index in [-0.39, 0.29) is 11.7 Å². The van der Waals surface area contributed by atoms with Gasteiger partial charge in [0.15, 0.2) is 5.69 Å². The van der Waals surface area contributed by atoms with Gasteiger partial charge in [-0.25, -0.2) is 9.78 Å². The first-order valence-corrected chi connectivity index (χ1v) is 15.2. The van der Waals surface area contributed by atoms with Crippen molar-refractivity contribution in [2.75, 3.05) is 0 Å². The highest BCUT2D eigenvalue weighted by Gasteiger charge is 2.45. The van der Waals surface area contributed by atoms with Crippen molar-refractivity contribution in [3.8, 4) is 0 Å². The zero-order valence-corrected chi connectivity index (χ0v) is 24.0. The quantitative estimate of drug-likeness (QED) is 0.383. The smallest absolute Gasteiger partial charge is 0.360 e. The lowest BCUT2D eigenvalue weighted by Gasteiger charge is -2.55. The van der Waals surface area contributed by atoms with Crippen molar-refractivity contribution in [1.82, 2.24) is 14.5 Å². The second-order valence-electron chi connectivity index (χ2n) is 13.2. The number of nitrogens with two attached hydrogens (primary N) is 1. The minimum atomic E-state index is -1.56. The van der Waals surface area contributed by atoms with Crippen LogP contribution in [-0.2, 0) is 14.4 Å². The second kappa shape index (κ2) is 10.9. The summed E-state index contributed by atoms with van der Waals surface area (Å²) in [6.45, 7) is 2.77. The van der Waals surface area contributed by atoms with Gasteiger partial charge in [-0.3, -0.25) is 14.5 Å². The Morgan fingerprint density at radius 2 is 1.59 bits per heavy atom. The van der Waals surface area contributed by atoms with Crippen LogP contribution in [0.25, 0.3) is 11.0 Å². The highest BCUT2D eigenvalue weighted by molar-refractivity contribution is 6.41. The number of carbonyl (C=O) groups is 2. The van der Waals surface area contributed by atoms with Gasteiger partial charge in [-0.2, -0.15) is 0 Å². The number of nitrogens with zero attached hydrogens (tertiary/aromatic N) is 4. The molecule has 2 saturated carbocycles. The van der Waals surface area contributed by atoms with Gasteiger partial charge in [0.1, 0.15) is 0 Å². The molecule has 41 heavy (non-hydrogen) atoms. The van der Waals surface area contributed by atoms with Crippen molar-refractivity contribution in [2.45, 2.75) is 114 Å². The number of carboxylic acid groups (broad SMARTS) is 1. The zero-order chi connectivity index (χ0) is 28.9. The molecular weight excluding hydrogens is 522 g/mol. The van der Waals surface area contributed by atoms with E-state index in [1.54, 1.807) is 10.6 Å². The number of carboxylic acids is 1. The van der Waals surface area contributed by atoms with Gasteiger partial charge in [-0.05, 0) is 82.8 Å². The van der Waals surface area contributed by atoms with Crippen LogP contribution in [0, 0.1) is 11.8 Å². The molecule has 2 saturated heterocycles. The maximum absolute atomic E-state index is 14.1. The first-order valence-electron chi connectivity index (χ1n) is 15.2. The molecule has 6 rings (SSSR count). The largest absolute Gasteiger partial charge is 0.476 e. The van der Waals surface area contributed by atoms with Crippen molar-refractivity contribution in [1.29, 1.82) is 0 Å². The first-order chi connectivity index (χ1) is 19.6. The Bertz CT molecular complexity index is 1410. The molecule has 0 spiro atoms. The van der Waals surface area contributed by atoms with Gasteiger partial charge < -0.3 is 20.2 Å². The Labute approximate surface area is 239 Å². The van der Waals surface area contributed by atoms with Crippen LogP contribution in [0.1, 0.15) is 96.2 Å². The van der Waals surface area contributed by atoms with Crippen LogP contribution in [0.4, 0.5) is 0 Å². The molecule has 10 nitrogen and oxygen atoms in total. The summed E-state index contributed by atoms with van der Waals surface area (Å²) in [5, 5.41) is 13.7. The summed E-state index contributed by atoms with van der Waals surface area (Å²) in [5.74, 6) is -0.562. The van der Waals surface area contributed by atoms with Crippen LogP contribution in [0.5, 0.6) is 0 Å². The molecule has 4 bridgehead atoms. The molecule has 220 valence electrons. The van der Waals surface area contributed by atoms with E-state index in [1.165, 1.54) is 58.8 Å². The molecule has 2 aromatic rings. The minimum absolute atomic E-state index is 0.0817. The van der Waals surface area contributed by atoms with Crippen molar-refractivity contribution < 1.29 is 19.5 Å².